The second-order valence-electron chi connectivity index (χ2n) is 12.5. The van der Waals surface area contributed by atoms with Gasteiger partial charge in [-0.25, -0.2) is 0 Å². The molecule has 3 amide bonds. The Bertz CT molecular complexity index is 1160. The number of amides is 3. The number of hydrogen-bond acceptors (Lipinski definition) is 5. The summed E-state index contributed by atoms with van der Waals surface area (Å²) in [6.45, 7) is 17.1. The first kappa shape index (κ1) is 32.0. The highest BCUT2D eigenvalue weighted by atomic mass is 16.5. The zero-order valence-electron chi connectivity index (χ0n) is 25.8. The Kier molecular flexibility index (Phi) is 9.99. The predicted molar refractivity (Wildman–Crippen MR) is 165 cm³/mol. The van der Waals surface area contributed by atoms with Crippen LogP contribution >= 0.6 is 0 Å². The number of hydrogen-bond donors (Lipinski definition) is 1. The number of para-hydroxylation sites is 1. The Labute approximate surface area is 251 Å². The molecule has 3 fully saturated rings. The lowest BCUT2D eigenvalue weighted by molar-refractivity contribution is -0.153. The van der Waals surface area contributed by atoms with Crippen LogP contribution in [-0.4, -0.2) is 82.2 Å². The van der Waals surface area contributed by atoms with Gasteiger partial charge in [-0.2, -0.15) is 0 Å². The number of likely N-dealkylation sites (tertiary alicyclic amines) is 1. The molecule has 8 nitrogen and oxygen atoms in total. The second-order valence-corrected chi connectivity index (χ2v) is 12.5. The molecule has 1 N–H and O–H groups in total. The first-order valence-corrected chi connectivity index (χ1v) is 15.6. The van der Waals surface area contributed by atoms with Gasteiger partial charge in [0.25, 0.3) is 0 Å². The van der Waals surface area contributed by atoms with Crippen molar-refractivity contribution in [3.63, 3.8) is 0 Å². The number of unbranched alkanes of at least 4 members (excludes halogenated alkanes) is 2. The number of nitrogens with zero attached hydrogens (tertiary/aromatic N) is 3. The monoisotopic (exact) mass is 579 g/mol. The summed E-state index contributed by atoms with van der Waals surface area (Å²) in [7, 11) is 0. The van der Waals surface area contributed by atoms with Crippen LogP contribution in [0.5, 0.6) is 0 Å². The van der Waals surface area contributed by atoms with E-state index in [9.17, 15) is 19.5 Å². The van der Waals surface area contributed by atoms with Gasteiger partial charge in [-0.3, -0.25) is 14.4 Å². The molecule has 3 heterocycles. The molecule has 230 valence electrons. The molecule has 7 atom stereocenters. The van der Waals surface area contributed by atoms with Crippen LogP contribution in [0.4, 0.5) is 5.69 Å². The normalized spacial score (nSPS) is 30.2. The molecular formula is C34H49N3O5. The minimum absolute atomic E-state index is 0.0347. The molecule has 3 aliphatic rings. The van der Waals surface area contributed by atoms with Crippen LogP contribution in [0.15, 0.2) is 55.6 Å². The summed E-state index contributed by atoms with van der Waals surface area (Å²) in [5, 5.41) is 9.33. The zero-order valence-corrected chi connectivity index (χ0v) is 25.8. The van der Waals surface area contributed by atoms with E-state index in [-0.39, 0.29) is 36.3 Å². The first-order chi connectivity index (χ1) is 20.1. The SMILES string of the molecule is C=CCN(C(=O)[C@H]1[C@H]2C(=O)N(CCCCCO)C(C(=O)N(CC=C)C(C)CCC)C23CC(C)[C@]1(C)O3)c1ccccc1. The fraction of sp³-hybridized carbons (Fsp3) is 0.618. The van der Waals surface area contributed by atoms with Crippen molar-refractivity contribution in [2.75, 3.05) is 31.1 Å². The van der Waals surface area contributed by atoms with E-state index in [0.717, 1.165) is 24.9 Å². The maximum Gasteiger partial charge on any atom is 0.248 e. The summed E-state index contributed by atoms with van der Waals surface area (Å²) >= 11 is 0. The zero-order chi connectivity index (χ0) is 30.7. The van der Waals surface area contributed by atoms with Crippen LogP contribution in [0.3, 0.4) is 0 Å². The fourth-order valence-electron chi connectivity index (χ4n) is 7.79. The van der Waals surface area contributed by atoms with Gasteiger partial charge in [0.15, 0.2) is 0 Å². The molecule has 3 saturated heterocycles. The van der Waals surface area contributed by atoms with Crippen LogP contribution < -0.4 is 4.90 Å². The van der Waals surface area contributed by atoms with Gasteiger partial charge in [0.1, 0.15) is 11.6 Å². The summed E-state index contributed by atoms with van der Waals surface area (Å²) in [5.74, 6) is -2.04. The molecule has 1 aromatic carbocycles. The molecule has 1 spiro atoms. The Hall–Kier alpha value is -2.97. The fourth-order valence-corrected chi connectivity index (χ4v) is 7.79. The largest absolute Gasteiger partial charge is 0.396 e. The molecule has 0 aromatic heterocycles. The van der Waals surface area contributed by atoms with Crippen molar-refractivity contribution in [1.29, 1.82) is 0 Å². The Morgan fingerprint density at radius 1 is 1.14 bits per heavy atom. The molecule has 1 aromatic rings. The number of rotatable bonds is 15. The summed E-state index contributed by atoms with van der Waals surface area (Å²) in [4.78, 5) is 48.9. The third-order valence-electron chi connectivity index (χ3n) is 9.86. The highest BCUT2D eigenvalue weighted by Crippen LogP contribution is 2.65. The van der Waals surface area contributed by atoms with Gasteiger partial charge in [-0.05, 0) is 64.0 Å². The number of anilines is 1. The van der Waals surface area contributed by atoms with Crippen molar-refractivity contribution in [1.82, 2.24) is 9.80 Å². The van der Waals surface area contributed by atoms with Crippen molar-refractivity contribution < 1.29 is 24.2 Å². The number of carbonyl (C=O) groups is 3. The van der Waals surface area contributed by atoms with Crippen LogP contribution in [0.2, 0.25) is 0 Å². The molecule has 3 aliphatic heterocycles. The molecule has 4 rings (SSSR count). The van der Waals surface area contributed by atoms with Crippen molar-refractivity contribution >= 4 is 23.4 Å². The molecule has 8 heteroatoms. The summed E-state index contributed by atoms with van der Waals surface area (Å²) in [6, 6.07) is 8.58. The van der Waals surface area contributed by atoms with Crippen LogP contribution in [0, 0.1) is 17.8 Å². The number of benzene rings is 1. The summed E-state index contributed by atoms with van der Waals surface area (Å²) < 4.78 is 6.96. The molecule has 0 aliphatic carbocycles. The van der Waals surface area contributed by atoms with Crippen molar-refractivity contribution in [2.24, 2.45) is 17.8 Å². The average Bonchev–Trinajstić information content (AvgIpc) is 3.49. The highest BCUT2D eigenvalue weighted by molar-refractivity contribution is 6.03. The summed E-state index contributed by atoms with van der Waals surface area (Å²) in [6.07, 6.45) is 7.73. The molecule has 2 bridgehead atoms. The van der Waals surface area contributed by atoms with Gasteiger partial charge >= 0.3 is 0 Å². The Morgan fingerprint density at radius 3 is 2.45 bits per heavy atom. The van der Waals surface area contributed by atoms with Crippen molar-refractivity contribution in [3.8, 4) is 0 Å². The van der Waals surface area contributed by atoms with E-state index in [0.29, 0.717) is 38.9 Å². The quantitative estimate of drug-likeness (QED) is 0.243. The van der Waals surface area contributed by atoms with E-state index < -0.39 is 29.1 Å². The number of fused-ring (bicyclic) bond motifs is 1. The second kappa shape index (κ2) is 13.1. The number of ether oxygens (including phenoxy) is 1. The first-order valence-electron chi connectivity index (χ1n) is 15.6. The van der Waals surface area contributed by atoms with Crippen molar-refractivity contribution in [3.05, 3.63) is 55.6 Å². The van der Waals surface area contributed by atoms with Crippen LogP contribution in [0.25, 0.3) is 0 Å². The van der Waals surface area contributed by atoms with E-state index in [2.05, 4.69) is 27.0 Å². The lowest BCUT2D eigenvalue weighted by Crippen LogP contribution is -2.58. The molecule has 0 radical (unpaired) electrons. The van der Waals surface area contributed by atoms with Crippen LogP contribution in [0.1, 0.15) is 66.2 Å². The standard InChI is InChI=1S/C34H49N3O5/c1-7-16-25(5)35(19-8-2)32(41)29-34-23-24(4)33(6,42-34)27(28(34)31(40)37(29)21-14-11-15-22-38)30(39)36(20-9-3)26-17-12-10-13-18-26/h8-10,12-13,17-18,24-25,27-29,38H,2-3,7,11,14-16,19-23H2,1,4-6H3/t24?,25?,27-,28+,29?,33+,34?/m1/s1. The maximum atomic E-state index is 14.6. The lowest BCUT2D eigenvalue weighted by atomic mass is 9.62. The van der Waals surface area contributed by atoms with Gasteiger partial charge in [-0.15, -0.1) is 13.2 Å². The molecular weight excluding hydrogens is 530 g/mol. The van der Waals surface area contributed by atoms with Gasteiger partial charge in [0.05, 0.1) is 17.4 Å². The number of carbonyl (C=O) groups excluding carboxylic acids is 3. The highest BCUT2D eigenvalue weighted by Gasteiger charge is 2.80. The molecule has 42 heavy (non-hydrogen) atoms. The van der Waals surface area contributed by atoms with E-state index in [1.165, 1.54) is 0 Å². The number of aliphatic hydroxyl groups excluding tert-OH is 1. The third kappa shape index (κ3) is 5.32. The maximum absolute atomic E-state index is 14.6. The van der Waals surface area contributed by atoms with Crippen molar-refractivity contribution in [2.45, 2.75) is 89.5 Å². The van der Waals surface area contributed by atoms with E-state index >= 15 is 0 Å². The van der Waals surface area contributed by atoms with E-state index in [4.69, 9.17) is 4.74 Å². The van der Waals surface area contributed by atoms with Gasteiger partial charge < -0.3 is 24.5 Å². The van der Waals surface area contributed by atoms with Crippen LogP contribution in [-0.2, 0) is 19.1 Å². The van der Waals surface area contributed by atoms with Gasteiger partial charge in [0, 0.05) is 38.0 Å². The number of aliphatic hydroxyl groups is 1. The van der Waals surface area contributed by atoms with E-state index in [1.54, 1.807) is 22.0 Å². The minimum atomic E-state index is -1.10. The average molecular weight is 580 g/mol. The van der Waals surface area contributed by atoms with E-state index in [1.807, 2.05) is 49.1 Å². The minimum Gasteiger partial charge on any atom is -0.396 e. The van der Waals surface area contributed by atoms with Gasteiger partial charge in [0.2, 0.25) is 17.7 Å². The topological polar surface area (TPSA) is 90.4 Å². The smallest absolute Gasteiger partial charge is 0.248 e. The van der Waals surface area contributed by atoms with Gasteiger partial charge in [-0.1, -0.05) is 50.6 Å². The Balaban J connectivity index is 1.80. The Morgan fingerprint density at radius 2 is 1.83 bits per heavy atom. The third-order valence-corrected chi connectivity index (χ3v) is 9.86. The predicted octanol–water partition coefficient (Wildman–Crippen LogP) is 4.58. The molecule has 4 unspecified atom stereocenters. The lowest BCUT2D eigenvalue weighted by Gasteiger charge is -2.40. The molecule has 0 saturated carbocycles. The summed E-state index contributed by atoms with van der Waals surface area (Å²) in [5.41, 5.74) is -1.26.